The van der Waals surface area contributed by atoms with Gasteiger partial charge in [-0.15, -0.1) is 24.0 Å². The van der Waals surface area contributed by atoms with Gasteiger partial charge in [0, 0.05) is 38.9 Å². The summed E-state index contributed by atoms with van der Waals surface area (Å²) in [5, 5.41) is 6.76. The molecule has 1 aliphatic rings. The Morgan fingerprint density at radius 1 is 1.29 bits per heavy atom. The van der Waals surface area contributed by atoms with Crippen LogP contribution in [0.1, 0.15) is 37.3 Å². The lowest BCUT2D eigenvalue weighted by molar-refractivity contribution is 0.0676. The number of hydrogen-bond donors (Lipinski definition) is 2. The van der Waals surface area contributed by atoms with Crippen molar-refractivity contribution in [1.82, 2.24) is 15.5 Å². The molecule has 31 heavy (non-hydrogen) atoms. The number of hydrogen-bond acceptors (Lipinski definition) is 5. The van der Waals surface area contributed by atoms with Gasteiger partial charge in [-0.3, -0.25) is 0 Å². The van der Waals surface area contributed by atoms with E-state index < -0.39 is 0 Å². The van der Waals surface area contributed by atoms with Crippen LogP contribution in [-0.2, 0) is 16.0 Å². The molecular formula is C23H41IN4O3. The van der Waals surface area contributed by atoms with E-state index >= 15 is 0 Å². The van der Waals surface area contributed by atoms with Gasteiger partial charge in [0.2, 0.25) is 0 Å². The number of aliphatic imine (C=N–C) groups is 1. The summed E-state index contributed by atoms with van der Waals surface area (Å²) >= 11 is 0. The summed E-state index contributed by atoms with van der Waals surface area (Å²) in [7, 11) is 3.86. The SMILES string of the molecule is CCNC(=NCc1ccc(C)cc1OCC1CCCO1)NCCCN(C)CCOC.I. The van der Waals surface area contributed by atoms with E-state index in [0.29, 0.717) is 13.2 Å². The Kier molecular flexibility index (Phi) is 14.9. The summed E-state index contributed by atoms with van der Waals surface area (Å²) in [6.45, 7) is 10.6. The van der Waals surface area contributed by atoms with Crippen molar-refractivity contribution in [3.8, 4) is 5.75 Å². The molecule has 0 aromatic heterocycles. The standard InChI is InChI=1S/C23H40N4O3.HI/c1-5-24-23(25-11-7-12-27(3)13-15-28-4)26-17-20-10-9-19(2)16-22(20)30-18-21-8-6-14-29-21;/h9-10,16,21H,5-8,11-15,17-18H2,1-4H3,(H2,24,25,26);1H. The number of aryl methyl sites for hydroxylation is 1. The van der Waals surface area contributed by atoms with Gasteiger partial charge in [0.25, 0.3) is 0 Å². The maximum atomic E-state index is 6.10. The summed E-state index contributed by atoms with van der Waals surface area (Å²) < 4.78 is 16.9. The fraction of sp³-hybridized carbons (Fsp3) is 0.696. The zero-order valence-electron chi connectivity index (χ0n) is 19.6. The number of benzene rings is 1. The molecule has 7 nitrogen and oxygen atoms in total. The molecule has 0 spiro atoms. The minimum atomic E-state index is 0. The van der Waals surface area contributed by atoms with Crippen LogP contribution in [0.15, 0.2) is 23.2 Å². The minimum Gasteiger partial charge on any atom is -0.491 e. The molecule has 1 heterocycles. The van der Waals surface area contributed by atoms with Crippen LogP contribution in [0.4, 0.5) is 0 Å². The van der Waals surface area contributed by atoms with E-state index in [0.717, 1.165) is 75.9 Å². The van der Waals surface area contributed by atoms with Gasteiger partial charge in [0.1, 0.15) is 12.4 Å². The average molecular weight is 549 g/mol. The highest BCUT2D eigenvalue weighted by atomic mass is 127. The van der Waals surface area contributed by atoms with Crippen LogP contribution < -0.4 is 15.4 Å². The van der Waals surface area contributed by atoms with Gasteiger partial charge in [-0.1, -0.05) is 12.1 Å². The third-order valence-electron chi connectivity index (χ3n) is 5.11. The molecule has 2 rings (SSSR count). The lowest BCUT2D eigenvalue weighted by Crippen LogP contribution is -2.38. The Bertz CT molecular complexity index is 639. The molecular weight excluding hydrogens is 507 g/mol. The van der Waals surface area contributed by atoms with Crippen LogP contribution in [0, 0.1) is 6.92 Å². The smallest absolute Gasteiger partial charge is 0.191 e. The zero-order valence-corrected chi connectivity index (χ0v) is 21.9. The maximum Gasteiger partial charge on any atom is 0.191 e. The Hall–Kier alpha value is -1.10. The van der Waals surface area contributed by atoms with Crippen molar-refractivity contribution < 1.29 is 14.2 Å². The number of likely N-dealkylation sites (N-methyl/N-ethyl adjacent to an activating group) is 1. The molecule has 2 N–H and O–H groups in total. The fourth-order valence-corrected chi connectivity index (χ4v) is 3.31. The monoisotopic (exact) mass is 548 g/mol. The van der Waals surface area contributed by atoms with Crippen molar-refractivity contribution in [1.29, 1.82) is 0 Å². The van der Waals surface area contributed by atoms with Gasteiger partial charge in [0.05, 0.1) is 19.3 Å². The Labute approximate surface area is 205 Å². The highest BCUT2D eigenvalue weighted by Gasteiger charge is 2.17. The van der Waals surface area contributed by atoms with Crippen molar-refractivity contribution in [2.45, 2.75) is 45.8 Å². The van der Waals surface area contributed by atoms with E-state index in [9.17, 15) is 0 Å². The Morgan fingerprint density at radius 2 is 2.13 bits per heavy atom. The van der Waals surface area contributed by atoms with E-state index in [2.05, 4.69) is 54.6 Å². The normalized spacial score (nSPS) is 16.3. The molecule has 178 valence electrons. The molecule has 0 saturated carbocycles. The molecule has 1 aromatic rings. The van der Waals surface area contributed by atoms with Crippen LogP contribution in [0.2, 0.25) is 0 Å². The van der Waals surface area contributed by atoms with Crippen LogP contribution in [0.5, 0.6) is 5.75 Å². The van der Waals surface area contributed by atoms with Crippen LogP contribution in [-0.4, -0.2) is 77.1 Å². The van der Waals surface area contributed by atoms with E-state index in [1.807, 2.05) is 0 Å². The lowest BCUT2D eigenvalue weighted by Gasteiger charge is -2.17. The van der Waals surface area contributed by atoms with Gasteiger partial charge in [-0.05, 0) is 58.3 Å². The molecule has 1 fully saturated rings. The first-order valence-corrected chi connectivity index (χ1v) is 11.2. The Balaban J connectivity index is 0.00000480. The van der Waals surface area contributed by atoms with Crippen molar-refractivity contribution >= 4 is 29.9 Å². The number of nitrogens with one attached hydrogen (secondary N) is 2. The summed E-state index contributed by atoms with van der Waals surface area (Å²) in [4.78, 5) is 7.05. The molecule has 1 aromatic carbocycles. The Morgan fingerprint density at radius 3 is 2.84 bits per heavy atom. The highest BCUT2D eigenvalue weighted by molar-refractivity contribution is 14.0. The second-order valence-corrected chi connectivity index (χ2v) is 7.83. The molecule has 1 unspecified atom stereocenters. The fourth-order valence-electron chi connectivity index (χ4n) is 3.31. The van der Waals surface area contributed by atoms with Gasteiger partial charge >= 0.3 is 0 Å². The molecule has 0 amide bonds. The minimum absolute atomic E-state index is 0. The van der Waals surface area contributed by atoms with Crippen molar-refractivity contribution in [2.24, 2.45) is 4.99 Å². The number of methoxy groups -OCH3 is 1. The average Bonchev–Trinajstić information content (AvgIpc) is 3.26. The van der Waals surface area contributed by atoms with Crippen LogP contribution >= 0.6 is 24.0 Å². The summed E-state index contributed by atoms with van der Waals surface area (Å²) in [5.41, 5.74) is 2.28. The van der Waals surface area contributed by atoms with Crippen molar-refractivity contribution in [2.75, 3.05) is 60.2 Å². The number of nitrogens with zero attached hydrogens (tertiary/aromatic N) is 2. The number of rotatable bonds is 13. The number of halogens is 1. The molecule has 1 saturated heterocycles. The zero-order chi connectivity index (χ0) is 21.6. The number of guanidine groups is 1. The predicted molar refractivity (Wildman–Crippen MR) is 138 cm³/mol. The molecule has 0 radical (unpaired) electrons. The molecule has 0 aliphatic carbocycles. The van der Waals surface area contributed by atoms with Crippen molar-refractivity contribution in [3.63, 3.8) is 0 Å². The largest absolute Gasteiger partial charge is 0.491 e. The first kappa shape index (κ1) is 27.9. The maximum absolute atomic E-state index is 6.10. The van der Waals surface area contributed by atoms with Crippen molar-refractivity contribution in [3.05, 3.63) is 29.3 Å². The molecule has 0 bridgehead atoms. The second kappa shape index (κ2) is 16.5. The quantitative estimate of drug-likeness (QED) is 0.171. The topological polar surface area (TPSA) is 67.4 Å². The van der Waals surface area contributed by atoms with Crippen LogP contribution in [0.3, 0.4) is 0 Å². The first-order chi connectivity index (χ1) is 14.6. The summed E-state index contributed by atoms with van der Waals surface area (Å²) in [6.07, 6.45) is 3.46. The first-order valence-electron chi connectivity index (χ1n) is 11.2. The van der Waals surface area contributed by atoms with E-state index in [1.165, 1.54) is 5.56 Å². The van der Waals surface area contributed by atoms with Crippen LogP contribution in [0.25, 0.3) is 0 Å². The molecule has 8 heteroatoms. The van der Waals surface area contributed by atoms with E-state index in [1.54, 1.807) is 7.11 Å². The summed E-state index contributed by atoms with van der Waals surface area (Å²) in [5.74, 6) is 1.74. The third-order valence-corrected chi connectivity index (χ3v) is 5.11. The van der Waals surface area contributed by atoms with Gasteiger partial charge < -0.3 is 29.7 Å². The third kappa shape index (κ3) is 11.4. The highest BCUT2D eigenvalue weighted by Crippen LogP contribution is 2.23. The predicted octanol–water partition coefficient (Wildman–Crippen LogP) is 3.19. The second-order valence-electron chi connectivity index (χ2n) is 7.83. The van der Waals surface area contributed by atoms with Gasteiger partial charge in [-0.25, -0.2) is 4.99 Å². The van der Waals surface area contributed by atoms with E-state index in [-0.39, 0.29) is 30.1 Å². The van der Waals surface area contributed by atoms with Gasteiger partial charge in [-0.2, -0.15) is 0 Å². The molecule has 1 aliphatic heterocycles. The number of ether oxygens (including phenoxy) is 3. The lowest BCUT2D eigenvalue weighted by atomic mass is 10.1. The summed E-state index contributed by atoms with van der Waals surface area (Å²) in [6, 6.07) is 6.31. The van der Waals surface area contributed by atoms with E-state index in [4.69, 9.17) is 19.2 Å². The molecule has 1 atom stereocenters. The van der Waals surface area contributed by atoms with Gasteiger partial charge in [0.15, 0.2) is 5.96 Å².